The van der Waals surface area contributed by atoms with Crippen molar-refractivity contribution in [3.05, 3.63) is 142 Å². The van der Waals surface area contributed by atoms with Crippen molar-refractivity contribution in [3.63, 3.8) is 0 Å². The Morgan fingerprint density at radius 3 is 1.62 bits per heavy atom. The molecule has 4 aromatic carbocycles. The van der Waals surface area contributed by atoms with Gasteiger partial charge in [-0.05, 0) is 0 Å². The molecule has 0 nitrogen and oxygen atoms in total. The van der Waals surface area contributed by atoms with Crippen molar-refractivity contribution >= 4 is 22.3 Å². The van der Waals surface area contributed by atoms with Crippen LogP contribution >= 0.6 is 0 Å². The van der Waals surface area contributed by atoms with Gasteiger partial charge in [0.2, 0.25) is 0 Å². The van der Waals surface area contributed by atoms with Gasteiger partial charge in [-0.3, -0.25) is 0 Å². The van der Waals surface area contributed by atoms with Crippen LogP contribution < -0.4 is 24.8 Å². The van der Waals surface area contributed by atoms with Crippen molar-refractivity contribution in [2.24, 2.45) is 0 Å². The van der Waals surface area contributed by atoms with E-state index in [4.69, 9.17) is 0 Å². The predicted molar refractivity (Wildman–Crippen MR) is 141 cm³/mol. The maximum Gasteiger partial charge on any atom is -1.00 e. The van der Waals surface area contributed by atoms with Crippen molar-refractivity contribution in [3.8, 4) is 0 Å². The Morgan fingerprint density at radius 1 is 0.548 bits per heavy atom. The third kappa shape index (κ3) is 5.44. The molecule has 42 heavy (non-hydrogen) atoms. The summed E-state index contributed by atoms with van der Waals surface area (Å²) >= 11 is 0.509. The normalized spacial score (nSPS) is 17.9. The fraction of sp³-hybridized carbons (Fsp3) is 0.152. The predicted octanol–water partition coefficient (Wildman–Crippen LogP) is 3.97. The van der Waals surface area contributed by atoms with Crippen LogP contribution in [-0.4, -0.2) is 0 Å². The largest absolute Gasteiger partial charge is 1.00 e. The quantitative estimate of drug-likeness (QED) is 0.219. The van der Waals surface area contributed by atoms with Crippen molar-refractivity contribution in [1.82, 2.24) is 0 Å². The minimum atomic E-state index is -4.92. The van der Waals surface area contributed by atoms with Crippen LogP contribution in [0.15, 0.2) is 97.1 Å². The van der Waals surface area contributed by atoms with Crippen LogP contribution in [0.25, 0.3) is 22.3 Å². The summed E-state index contributed by atoms with van der Waals surface area (Å²) in [7, 11) is 0. The van der Waals surface area contributed by atoms with E-state index >= 15 is 0 Å². The zero-order chi connectivity index (χ0) is 28.4. The Labute approximate surface area is 266 Å². The van der Waals surface area contributed by atoms with Crippen LogP contribution in [0.3, 0.4) is 0 Å². The van der Waals surface area contributed by atoms with E-state index < -0.39 is 23.5 Å². The van der Waals surface area contributed by atoms with Gasteiger partial charge in [0.05, 0.1) is 0 Å². The van der Waals surface area contributed by atoms with E-state index in [9.17, 15) is 26.3 Å². The molecule has 2 unspecified atom stereocenters. The third-order valence-electron chi connectivity index (χ3n) is 7.78. The number of benzene rings is 4. The summed E-state index contributed by atoms with van der Waals surface area (Å²) < 4.78 is 83.3. The van der Waals surface area contributed by atoms with E-state index in [2.05, 4.69) is 0 Å². The number of halogens is 8. The van der Waals surface area contributed by atoms with Gasteiger partial charge in [-0.15, -0.1) is 0 Å². The smallest absolute Gasteiger partial charge is 1.00 e. The standard InChI is InChI=1S/C33H21F6.2ClH.Hf/c1-19-25-12-7-8-14-27(25)31(29(19)20-9-3-2-4-10-20)30-26-13-6-5-11-21(26)17-28(30)22-15-23(32(34,35)36)18-24(16-22)33(37,38)39;;;/h2-18,31H,1H3;2*1H;/q;;;+2/p-2. The number of rotatable bonds is 3. The Bertz CT molecular complexity index is 1670. The second-order valence-electron chi connectivity index (χ2n) is 10.1. The summed E-state index contributed by atoms with van der Waals surface area (Å²) in [4.78, 5) is 0. The number of allylic oxidation sites excluding steroid dienone is 4. The van der Waals surface area contributed by atoms with Gasteiger partial charge in [-0.1, -0.05) is 0 Å². The van der Waals surface area contributed by atoms with E-state index in [-0.39, 0.29) is 46.0 Å². The zero-order valence-corrected chi connectivity index (χ0v) is 27.0. The van der Waals surface area contributed by atoms with Gasteiger partial charge in [0.25, 0.3) is 0 Å². The third-order valence-corrected chi connectivity index (χ3v) is 9.94. The van der Waals surface area contributed by atoms with Crippen LogP contribution in [0.5, 0.6) is 0 Å². The maximum atomic E-state index is 13.9. The molecule has 0 aromatic heterocycles. The first kappa shape index (κ1) is 32.3. The molecule has 0 fully saturated rings. The Morgan fingerprint density at radius 2 is 1.05 bits per heavy atom. The van der Waals surface area contributed by atoms with Gasteiger partial charge in [-0.25, -0.2) is 0 Å². The van der Waals surface area contributed by atoms with Gasteiger partial charge in [-0.2, -0.15) is 0 Å². The van der Waals surface area contributed by atoms with E-state index in [0.29, 0.717) is 29.9 Å². The second kappa shape index (κ2) is 11.8. The molecule has 0 bridgehead atoms. The van der Waals surface area contributed by atoms with Crippen LogP contribution in [0.1, 0.15) is 61.0 Å². The monoisotopic (exact) mass is 781 g/mol. The summed E-state index contributed by atoms with van der Waals surface area (Å²) in [6, 6.07) is 27.3. The number of alkyl halides is 6. The van der Waals surface area contributed by atoms with Crippen LogP contribution in [0.4, 0.5) is 26.3 Å². The minimum Gasteiger partial charge on any atom is -1.00 e. The van der Waals surface area contributed by atoms with E-state index in [0.717, 1.165) is 56.7 Å². The molecule has 0 amide bonds. The molecular weight excluding hydrogens is 760 g/mol. The molecule has 0 aliphatic heterocycles. The van der Waals surface area contributed by atoms with Crippen molar-refractivity contribution in [2.45, 2.75) is 28.9 Å². The number of fused-ring (bicyclic) bond motifs is 2. The molecule has 0 saturated carbocycles. The Balaban J connectivity index is 0.00000202. The van der Waals surface area contributed by atoms with Crippen LogP contribution in [0.2, 0.25) is 0 Å². The first-order chi connectivity index (χ1) is 19.0. The van der Waals surface area contributed by atoms with Crippen molar-refractivity contribution in [2.75, 3.05) is 0 Å². The molecule has 0 radical (unpaired) electrons. The Hall–Kier alpha value is -2.61. The first-order valence-corrected chi connectivity index (χ1v) is 14.7. The van der Waals surface area contributed by atoms with Gasteiger partial charge in [0, 0.05) is 0 Å². The van der Waals surface area contributed by atoms with Crippen LogP contribution in [-0.2, 0) is 36.7 Å². The van der Waals surface area contributed by atoms with E-state index in [1.165, 1.54) is 0 Å². The summed E-state index contributed by atoms with van der Waals surface area (Å²) in [6.45, 7) is 2.03. The first-order valence-electron chi connectivity index (χ1n) is 12.7. The van der Waals surface area contributed by atoms with E-state index in [1.54, 1.807) is 0 Å². The fourth-order valence-electron chi connectivity index (χ4n) is 6.10. The molecule has 0 spiro atoms. The SMILES string of the molecule is CC1=C(c2ccccc2)C(C2=C(c3cc(C(F)(F)F)cc(C(F)(F)F)c3)[CH]([Hf+2])c3ccccc32)c2ccccc21.[Cl-].[Cl-]. The summed E-state index contributed by atoms with van der Waals surface area (Å²) in [6.07, 6.45) is -9.84. The van der Waals surface area contributed by atoms with Crippen molar-refractivity contribution in [1.29, 1.82) is 0 Å². The van der Waals surface area contributed by atoms with Gasteiger partial charge < -0.3 is 24.8 Å². The summed E-state index contributed by atoms with van der Waals surface area (Å²) in [5.74, 6) is -0.349. The van der Waals surface area contributed by atoms with Crippen LogP contribution in [0, 0.1) is 0 Å². The maximum absolute atomic E-state index is 13.9. The molecule has 0 heterocycles. The molecular formula is C33H21Cl2F6Hf. The molecule has 9 heteroatoms. The average molecular weight is 781 g/mol. The molecule has 0 saturated heterocycles. The van der Waals surface area contributed by atoms with Gasteiger partial charge in [0.15, 0.2) is 0 Å². The summed E-state index contributed by atoms with van der Waals surface area (Å²) in [5.41, 5.74) is 5.62. The zero-order valence-electron chi connectivity index (χ0n) is 21.9. The average Bonchev–Trinajstić information content (AvgIpc) is 3.38. The van der Waals surface area contributed by atoms with Gasteiger partial charge in [0.1, 0.15) is 0 Å². The fourth-order valence-corrected chi connectivity index (χ4v) is 8.16. The molecule has 6 rings (SSSR count). The molecule has 0 N–H and O–H groups in total. The minimum absolute atomic E-state index is 0. The molecule has 213 valence electrons. The van der Waals surface area contributed by atoms with E-state index in [1.807, 2.05) is 85.8 Å². The summed E-state index contributed by atoms with van der Waals surface area (Å²) in [5, 5.41) is 0. The number of hydrogen-bond acceptors (Lipinski definition) is 0. The molecule has 4 aromatic rings. The number of hydrogen-bond donors (Lipinski definition) is 0. The topological polar surface area (TPSA) is 0 Å². The second-order valence-corrected chi connectivity index (χ2v) is 12.1. The Kier molecular flexibility index (Phi) is 9.09. The van der Waals surface area contributed by atoms with Crippen molar-refractivity contribution < 1.29 is 75.5 Å². The molecule has 2 aliphatic rings. The van der Waals surface area contributed by atoms with Gasteiger partial charge >= 0.3 is 243 Å². The molecule has 2 aliphatic carbocycles. The molecule has 2 atom stereocenters.